The number of carbonyl (C=O) groups excluding carboxylic acids is 3. The van der Waals surface area contributed by atoms with E-state index < -0.39 is 23.8 Å². The molecule has 3 amide bonds. The summed E-state index contributed by atoms with van der Waals surface area (Å²) in [6, 6.07) is 23.9. The molecule has 0 radical (unpaired) electrons. The molecule has 3 aromatic carbocycles. The number of rotatable bonds is 14. The molecule has 2 N–H and O–H groups in total. The average molecular weight is 588 g/mol. The third-order valence-electron chi connectivity index (χ3n) is 6.84. The fraction of sp³-hybridized carbons (Fsp3) is 0.400. The molecular weight excluding hydrogens is 542 g/mol. The van der Waals surface area contributed by atoms with Crippen molar-refractivity contribution in [2.24, 2.45) is 0 Å². The van der Waals surface area contributed by atoms with E-state index in [4.69, 9.17) is 9.47 Å². The van der Waals surface area contributed by atoms with Crippen LogP contribution in [0, 0.1) is 0 Å². The minimum atomic E-state index is -0.955. The van der Waals surface area contributed by atoms with Crippen molar-refractivity contribution in [3.8, 4) is 5.75 Å². The zero-order valence-electron chi connectivity index (χ0n) is 26.0. The van der Waals surface area contributed by atoms with Crippen molar-refractivity contribution in [1.29, 1.82) is 0 Å². The van der Waals surface area contributed by atoms with E-state index in [-0.39, 0.29) is 18.2 Å². The highest BCUT2D eigenvalue weighted by Crippen LogP contribution is 2.26. The second kappa shape index (κ2) is 16.3. The van der Waals surface area contributed by atoms with Gasteiger partial charge >= 0.3 is 6.09 Å². The summed E-state index contributed by atoms with van der Waals surface area (Å²) in [5.41, 5.74) is 1.39. The molecule has 0 spiro atoms. The van der Waals surface area contributed by atoms with Gasteiger partial charge in [0, 0.05) is 18.7 Å². The van der Waals surface area contributed by atoms with E-state index >= 15 is 0 Å². The molecule has 2 unspecified atom stereocenters. The highest BCUT2D eigenvalue weighted by Gasteiger charge is 2.36. The molecule has 2 atom stereocenters. The Morgan fingerprint density at radius 3 is 2.05 bits per heavy atom. The number of methoxy groups -OCH3 is 1. The van der Waals surface area contributed by atoms with Crippen molar-refractivity contribution < 1.29 is 23.9 Å². The third kappa shape index (κ3) is 10.8. The van der Waals surface area contributed by atoms with Gasteiger partial charge in [-0.1, -0.05) is 86.8 Å². The molecule has 0 aliphatic heterocycles. The Kier molecular flexibility index (Phi) is 12.6. The molecule has 8 heteroatoms. The van der Waals surface area contributed by atoms with Crippen molar-refractivity contribution in [2.75, 3.05) is 19.0 Å². The van der Waals surface area contributed by atoms with Gasteiger partial charge in [0.15, 0.2) is 0 Å². The first kappa shape index (κ1) is 33.2. The highest BCUT2D eigenvalue weighted by atomic mass is 16.6. The van der Waals surface area contributed by atoms with E-state index in [9.17, 15) is 14.4 Å². The van der Waals surface area contributed by atoms with Crippen LogP contribution in [0.2, 0.25) is 0 Å². The lowest BCUT2D eigenvalue weighted by Crippen LogP contribution is -2.53. The van der Waals surface area contributed by atoms with Crippen LogP contribution < -0.4 is 15.4 Å². The molecule has 0 saturated carbocycles. The van der Waals surface area contributed by atoms with Crippen molar-refractivity contribution in [3.63, 3.8) is 0 Å². The summed E-state index contributed by atoms with van der Waals surface area (Å²) in [5, 5.41) is 5.80. The lowest BCUT2D eigenvalue weighted by molar-refractivity contribution is -0.140. The van der Waals surface area contributed by atoms with Gasteiger partial charge in [0.25, 0.3) is 5.91 Å². The standard InChI is InChI=1S/C35H45N3O5/c1-6-7-8-15-24-38(33(40)30(25-26-16-11-9-12-17-26)37-34(41)43-35(2,3)4)31(27-18-13-10-14-19-27)32(39)36-28-20-22-29(42-5)23-21-28/h9-14,16-23,30-31H,6-8,15,24-25H2,1-5H3,(H,36,39)(H,37,41). The maximum absolute atomic E-state index is 14.5. The number of hydrogen-bond acceptors (Lipinski definition) is 5. The Morgan fingerprint density at radius 2 is 1.47 bits per heavy atom. The van der Waals surface area contributed by atoms with Gasteiger partial charge < -0.3 is 25.0 Å². The van der Waals surface area contributed by atoms with Crippen LogP contribution in [0.4, 0.5) is 10.5 Å². The largest absolute Gasteiger partial charge is 0.497 e. The molecule has 8 nitrogen and oxygen atoms in total. The quantitative estimate of drug-likeness (QED) is 0.200. The first-order valence-electron chi connectivity index (χ1n) is 14.9. The fourth-order valence-corrected chi connectivity index (χ4v) is 4.77. The number of nitrogens with one attached hydrogen (secondary N) is 2. The molecule has 230 valence electrons. The van der Waals surface area contributed by atoms with Crippen molar-refractivity contribution >= 4 is 23.6 Å². The maximum atomic E-state index is 14.5. The first-order valence-corrected chi connectivity index (χ1v) is 14.9. The van der Waals surface area contributed by atoms with Gasteiger partial charge in [-0.25, -0.2) is 4.79 Å². The molecule has 0 bridgehead atoms. The summed E-state index contributed by atoms with van der Waals surface area (Å²) in [6.07, 6.45) is 3.22. The molecule has 0 fully saturated rings. The Labute approximate surface area is 255 Å². The number of ether oxygens (including phenoxy) is 2. The Morgan fingerprint density at radius 1 is 0.837 bits per heavy atom. The summed E-state index contributed by atoms with van der Waals surface area (Å²) in [5.74, 6) is -0.0387. The number of carbonyl (C=O) groups is 3. The zero-order chi connectivity index (χ0) is 31.2. The van der Waals surface area contributed by atoms with E-state index in [1.165, 1.54) is 0 Å². The zero-order valence-corrected chi connectivity index (χ0v) is 26.0. The van der Waals surface area contributed by atoms with Gasteiger partial charge in [0.1, 0.15) is 23.4 Å². The first-order chi connectivity index (χ1) is 20.6. The Bertz CT molecular complexity index is 1290. The van der Waals surface area contributed by atoms with Gasteiger partial charge in [0.05, 0.1) is 7.11 Å². The molecule has 0 aromatic heterocycles. The molecule has 0 aliphatic carbocycles. The van der Waals surface area contributed by atoms with E-state index in [1.54, 1.807) is 57.0 Å². The van der Waals surface area contributed by atoms with Crippen LogP contribution >= 0.6 is 0 Å². The minimum absolute atomic E-state index is 0.242. The van der Waals surface area contributed by atoms with E-state index in [2.05, 4.69) is 17.6 Å². The highest BCUT2D eigenvalue weighted by molar-refractivity contribution is 5.99. The molecule has 0 heterocycles. The van der Waals surface area contributed by atoms with Crippen LogP contribution in [0.25, 0.3) is 0 Å². The van der Waals surface area contributed by atoms with Gasteiger partial charge in [0.2, 0.25) is 5.91 Å². The predicted octanol–water partition coefficient (Wildman–Crippen LogP) is 6.92. The topological polar surface area (TPSA) is 97.0 Å². The molecule has 0 aliphatic rings. The van der Waals surface area contributed by atoms with Crippen LogP contribution in [0.15, 0.2) is 84.9 Å². The van der Waals surface area contributed by atoms with Crippen molar-refractivity contribution in [2.45, 2.75) is 77.5 Å². The maximum Gasteiger partial charge on any atom is 0.408 e. The van der Waals surface area contributed by atoms with Crippen LogP contribution in [-0.4, -0.2) is 48.1 Å². The molecule has 3 aromatic rings. The van der Waals surface area contributed by atoms with E-state index in [0.29, 0.717) is 30.0 Å². The predicted molar refractivity (Wildman–Crippen MR) is 170 cm³/mol. The van der Waals surface area contributed by atoms with E-state index in [1.807, 2.05) is 60.7 Å². The normalized spacial score (nSPS) is 12.5. The lowest BCUT2D eigenvalue weighted by Gasteiger charge is -2.34. The number of hydrogen-bond donors (Lipinski definition) is 2. The van der Waals surface area contributed by atoms with Crippen LogP contribution in [-0.2, 0) is 20.7 Å². The number of nitrogens with zero attached hydrogens (tertiary/aromatic N) is 1. The number of amides is 3. The fourth-order valence-electron chi connectivity index (χ4n) is 4.77. The third-order valence-corrected chi connectivity index (χ3v) is 6.84. The molecule has 3 rings (SSSR count). The Hall–Kier alpha value is -4.33. The van der Waals surface area contributed by atoms with Crippen molar-refractivity contribution in [3.05, 3.63) is 96.1 Å². The van der Waals surface area contributed by atoms with Gasteiger partial charge in [-0.15, -0.1) is 0 Å². The second-order valence-corrected chi connectivity index (χ2v) is 11.5. The molecule has 43 heavy (non-hydrogen) atoms. The molecule has 0 saturated heterocycles. The van der Waals surface area contributed by atoms with E-state index in [0.717, 1.165) is 24.8 Å². The average Bonchev–Trinajstić information content (AvgIpc) is 2.98. The van der Waals surface area contributed by atoms with Crippen LogP contribution in [0.1, 0.15) is 70.5 Å². The summed E-state index contributed by atoms with van der Waals surface area (Å²) >= 11 is 0. The minimum Gasteiger partial charge on any atom is -0.497 e. The SMILES string of the molecule is CCCCCCN(C(=O)C(Cc1ccccc1)NC(=O)OC(C)(C)C)C(C(=O)Nc1ccc(OC)cc1)c1ccccc1. The molecular formula is C35H45N3O5. The summed E-state index contributed by atoms with van der Waals surface area (Å²) in [7, 11) is 1.58. The van der Waals surface area contributed by atoms with Gasteiger partial charge in [-0.3, -0.25) is 9.59 Å². The van der Waals surface area contributed by atoms with Gasteiger partial charge in [-0.05, 0) is 62.6 Å². The van der Waals surface area contributed by atoms with Gasteiger partial charge in [-0.2, -0.15) is 0 Å². The number of unbranched alkanes of at least 4 members (excludes halogenated alkanes) is 3. The summed E-state index contributed by atoms with van der Waals surface area (Å²) < 4.78 is 10.8. The number of alkyl carbamates (subject to hydrolysis) is 1. The Balaban J connectivity index is 2.01. The summed E-state index contributed by atoms with van der Waals surface area (Å²) in [4.78, 5) is 43.1. The van der Waals surface area contributed by atoms with Crippen LogP contribution in [0.3, 0.4) is 0 Å². The number of benzene rings is 3. The second-order valence-electron chi connectivity index (χ2n) is 11.5. The smallest absolute Gasteiger partial charge is 0.408 e. The summed E-state index contributed by atoms with van der Waals surface area (Å²) in [6.45, 7) is 7.79. The lowest BCUT2D eigenvalue weighted by atomic mass is 9.99. The van der Waals surface area contributed by atoms with Crippen molar-refractivity contribution in [1.82, 2.24) is 10.2 Å². The number of anilines is 1. The van der Waals surface area contributed by atoms with Crippen LogP contribution in [0.5, 0.6) is 5.75 Å². The monoisotopic (exact) mass is 587 g/mol.